The van der Waals surface area contributed by atoms with Gasteiger partial charge in [-0.15, -0.1) is 11.3 Å². The lowest BCUT2D eigenvalue weighted by atomic mass is 10.3. The van der Waals surface area contributed by atoms with Crippen LogP contribution in [0.1, 0.15) is 18.7 Å². The number of amides is 1. The lowest BCUT2D eigenvalue weighted by molar-refractivity contribution is -0.119. The third-order valence-corrected chi connectivity index (χ3v) is 3.86. The summed E-state index contributed by atoms with van der Waals surface area (Å²) in [6, 6.07) is -0.370. The molecule has 0 fully saturated rings. The van der Waals surface area contributed by atoms with E-state index in [1.165, 1.54) is 11.3 Å². The summed E-state index contributed by atoms with van der Waals surface area (Å²) in [6.45, 7) is 3.71. The van der Waals surface area contributed by atoms with Crippen LogP contribution in [0.15, 0.2) is 22.2 Å². The van der Waals surface area contributed by atoms with Crippen molar-refractivity contribution in [1.82, 2.24) is 14.8 Å². The fourth-order valence-corrected chi connectivity index (χ4v) is 2.20. The van der Waals surface area contributed by atoms with Crippen LogP contribution in [0.4, 0.5) is 5.13 Å². The normalized spacial score (nSPS) is 12.4. The van der Waals surface area contributed by atoms with Crippen LogP contribution in [0.3, 0.4) is 0 Å². The van der Waals surface area contributed by atoms with Gasteiger partial charge in [0.15, 0.2) is 5.13 Å². The van der Waals surface area contributed by atoms with Crippen molar-refractivity contribution in [3.63, 3.8) is 0 Å². The lowest BCUT2D eigenvalue weighted by Crippen LogP contribution is -2.25. The first-order chi connectivity index (χ1) is 8.09. The Morgan fingerprint density at radius 2 is 2.41 bits per heavy atom. The molecule has 1 atom stereocenters. The Balaban J connectivity index is 2.12. The fraction of sp³-hybridized carbons (Fsp3) is 0.300. The molecule has 1 amide bonds. The Labute approximate surface area is 111 Å². The summed E-state index contributed by atoms with van der Waals surface area (Å²) < 4.78 is 2.57. The van der Waals surface area contributed by atoms with Gasteiger partial charge < -0.3 is 5.32 Å². The highest BCUT2D eigenvalue weighted by Crippen LogP contribution is 2.20. The van der Waals surface area contributed by atoms with Crippen LogP contribution in [-0.4, -0.2) is 20.7 Å². The molecule has 1 N–H and O–H groups in total. The number of rotatable bonds is 3. The second-order valence-corrected chi connectivity index (χ2v) is 5.27. The van der Waals surface area contributed by atoms with Gasteiger partial charge in [-0.3, -0.25) is 9.48 Å². The van der Waals surface area contributed by atoms with Gasteiger partial charge in [0.2, 0.25) is 0 Å². The summed E-state index contributed by atoms with van der Waals surface area (Å²) in [5.41, 5.74) is 0.923. The molecule has 2 heterocycles. The number of nitrogens with zero attached hydrogens (tertiary/aromatic N) is 3. The van der Waals surface area contributed by atoms with Crippen LogP contribution in [0.25, 0.3) is 0 Å². The SMILES string of the molecule is Cc1c(Br)cnn1[C@@H](C)C(=O)Nc1nccs1. The van der Waals surface area contributed by atoms with E-state index in [9.17, 15) is 4.79 Å². The number of nitrogens with one attached hydrogen (secondary N) is 1. The molecule has 0 saturated heterocycles. The van der Waals surface area contributed by atoms with Crippen molar-refractivity contribution in [3.05, 3.63) is 27.9 Å². The highest BCUT2D eigenvalue weighted by molar-refractivity contribution is 9.10. The molecule has 0 aromatic carbocycles. The molecule has 2 aromatic rings. The first kappa shape index (κ1) is 12.3. The molecule has 0 spiro atoms. The van der Waals surface area contributed by atoms with E-state index in [4.69, 9.17) is 0 Å². The van der Waals surface area contributed by atoms with Crippen LogP contribution in [-0.2, 0) is 4.79 Å². The second-order valence-electron chi connectivity index (χ2n) is 3.52. The van der Waals surface area contributed by atoms with Crippen LogP contribution < -0.4 is 5.32 Å². The lowest BCUT2D eigenvalue weighted by Gasteiger charge is -2.13. The molecule has 5 nitrogen and oxygen atoms in total. The standard InChI is InChI=1S/C10H11BrN4OS/c1-6-8(11)5-13-15(6)7(2)9(16)14-10-12-3-4-17-10/h3-5,7H,1-2H3,(H,12,14,16)/t7-/m0/s1. The van der Waals surface area contributed by atoms with E-state index in [1.54, 1.807) is 24.0 Å². The number of anilines is 1. The monoisotopic (exact) mass is 314 g/mol. The highest BCUT2D eigenvalue weighted by Gasteiger charge is 2.19. The first-order valence-electron chi connectivity index (χ1n) is 4.99. The average Bonchev–Trinajstić information content (AvgIpc) is 2.90. The van der Waals surface area contributed by atoms with Gasteiger partial charge in [0.1, 0.15) is 6.04 Å². The van der Waals surface area contributed by atoms with Gasteiger partial charge in [0.25, 0.3) is 5.91 Å². The summed E-state index contributed by atoms with van der Waals surface area (Å²) >= 11 is 4.76. The molecular weight excluding hydrogens is 304 g/mol. The summed E-state index contributed by atoms with van der Waals surface area (Å²) in [6.07, 6.45) is 3.34. The Bertz CT molecular complexity index is 522. The minimum Gasteiger partial charge on any atom is -0.300 e. The zero-order chi connectivity index (χ0) is 12.4. The van der Waals surface area contributed by atoms with Gasteiger partial charge in [-0.1, -0.05) is 0 Å². The van der Waals surface area contributed by atoms with Crippen LogP contribution in [0.5, 0.6) is 0 Å². The number of carbonyl (C=O) groups excluding carboxylic acids is 1. The molecule has 17 heavy (non-hydrogen) atoms. The molecule has 0 bridgehead atoms. The number of halogens is 1. The third kappa shape index (κ3) is 2.55. The number of aromatic nitrogens is 3. The van der Waals surface area contributed by atoms with Crippen molar-refractivity contribution in [2.75, 3.05) is 5.32 Å². The number of hydrogen-bond acceptors (Lipinski definition) is 4. The van der Waals surface area contributed by atoms with Crippen LogP contribution in [0.2, 0.25) is 0 Å². The minimum absolute atomic E-state index is 0.126. The molecule has 0 saturated carbocycles. The molecule has 2 rings (SSSR count). The van der Waals surface area contributed by atoms with Crippen LogP contribution in [0, 0.1) is 6.92 Å². The number of carbonyl (C=O) groups is 1. The number of hydrogen-bond donors (Lipinski definition) is 1. The Morgan fingerprint density at radius 1 is 1.65 bits per heavy atom. The van der Waals surface area contributed by atoms with Crippen molar-refractivity contribution in [3.8, 4) is 0 Å². The summed E-state index contributed by atoms with van der Waals surface area (Å²) in [5, 5.41) is 9.32. The van der Waals surface area contributed by atoms with E-state index in [0.29, 0.717) is 5.13 Å². The van der Waals surface area contributed by atoms with E-state index in [-0.39, 0.29) is 11.9 Å². The predicted molar refractivity (Wildman–Crippen MR) is 70.1 cm³/mol. The maximum absolute atomic E-state index is 12.0. The molecule has 0 aliphatic heterocycles. The first-order valence-corrected chi connectivity index (χ1v) is 6.67. The van der Waals surface area contributed by atoms with Gasteiger partial charge in [-0.05, 0) is 29.8 Å². The minimum atomic E-state index is -0.370. The van der Waals surface area contributed by atoms with Crippen molar-refractivity contribution in [2.24, 2.45) is 0 Å². The predicted octanol–water partition coefficient (Wildman–Crippen LogP) is 2.61. The topological polar surface area (TPSA) is 59.8 Å². The maximum Gasteiger partial charge on any atom is 0.250 e. The third-order valence-electron chi connectivity index (χ3n) is 2.39. The van der Waals surface area contributed by atoms with E-state index in [1.807, 2.05) is 12.3 Å². The number of thiazole rings is 1. The summed E-state index contributed by atoms with van der Waals surface area (Å²) in [7, 11) is 0. The van der Waals surface area contributed by atoms with Crippen molar-refractivity contribution in [2.45, 2.75) is 19.9 Å². The summed E-state index contributed by atoms with van der Waals surface area (Å²) in [4.78, 5) is 16.0. The molecule has 0 aliphatic rings. The van der Waals surface area contributed by atoms with E-state index < -0.39 is 0 Å². The molecule has 0 radical (unpaired) electrons. The largest absolute Gasteiger partial charge is 0.300 e. The average molecular weight is 315 g/mol. The van der Waals surface area contributed by atoms with Crippen molar-refractivity contribution < 1.29 is 4.79 Å². The Hall–Kier alpha value is -1.21. The van der Waals surface area contributed by atoms with Crippen molar-refractivity contribution >= 4 is 38.3 Å². The smallest absolute Gasteiger partial charge is 0.250 e. The maximum atomic E-state index is 12.0. The van der Waals surface area contributed by atoms with Crippen molar-refractivity contribution in [1.29, 1.82) is 0 Å². The van der Waals surface area contributed by atoms with E-state index in [0.717, 1.165) is 10.2 Å². The van der Waals surface area contributed by atoms with Gasteiger partial charge in [-0.2, -0.15) is 5.10 Å². The highest BCUT2D eigenvalue weighted by atomic mass is 79.9. The van der Waals surface area contributed by atoms with E-state index in [2.05, 4.69) is 31.3 Å². The van der Waals surface area contributed by atoms with Gasteiger partial charge in [0.05, 0.1) is 16.4 Å². The molecule has 7 heteroatoms. The van der Waals surface area contributed by atoms with Crippen LogP contribution >= 0.6 is 27.3 Å². The second kappa shape index (κ2) is 4.97. The molecule has 2 aromatic heterocycles. The Kier molecular flexibility index (Phi) is 3.58. The van der Waals surface area contributed by atoms with Gasteiger partial charge in [0, 0.05) is 11.6 Å². The van der Waals surface area contributed by atoms with E-state index >= 15 is 0 Å². The summed E-state index contributed by atoms with van der Waals surface area (Å²) in [5.74, 6) is -0.126. The van der Waals surface area contributed by atoms with Gasteiger partial charge >= 0.3 is 0 Å². The zero-order valence-corrected chi connectivity index (χ0v) is 11.7. The molecule has 0 aliphatic carbocycles. The molecular formula is C10H11BrN4OS. The Morgan fingerprint density at radius 3 is 2.94 bits per heavy atom. The van der Waals surface area contributed by atoms with Gasteiger partial charge in [-0.25, -0.2) is 4.98 Å². The molecule has 90 valence electrons. The zero-order valence-electron chi connectivity index (χ0n) is 9.35. The molecule has 0 unspecified atom stereocenters. The fourth-order valence-electron chi connectivity index (χ4n) is 1.40. The quantitative estimate of drug-likeness (QED) is 0.947.